The average molecular weight is 301 g/mol. The highest BCUT2D eigenvalue weighted by molar-refractivity contribution is 6.03. The molecule has 1 aromatic carbocycles. The Bertz CT molecular complexity index is 569. The third-order valence-corrected chi connectivity index (χ3v) is 3.22. The molecule has 4 nitrogen and oxygen atoms in total. The van der Waals surface area contributed by atoms with Crippen LogP contribution in [0.15, 0.2) is 18.2 Å². The minimum Gasteiger partial charge on any atom is -0.372 e. The fourth-order valence-corrected chi connectivity index (χ4v) is 2.14. The SMILES string of the molecule is CN1C(=O)Cc2cc(C(=O)CCOCC(F)(F)F)ccc21. The van der Waals surface area contributed by atoms with Gasteiger partial charge in [0.2, 0.25) is 5.91 Å². The van der Waals surface area contributed by atoms with Crippen molar-refractivity contribution >= 4 is 17.4 Å². The average Bonchev–Trinajstić information content (AvgIpc) is 2.68. The third-order valence-electron chi connectivity index (χ3n) is 3.22. The predicted octanol–water partition coefficient (Wildman–Crippen LogP) is 2.36. The topological polar surface area (TPSA) is 46.6 Å². The number of fused-ring (bicyclic) bond motifs is 1. The molecule has 0 bridgehead atoms. The van der Waals surface area contributed by atoms with Gasteiger partial charge in [0.05, 0.1) is 13.0 Å². The van der Waals surface area contributed by atoms with E-state index in [-0.39, 0.29) is 31.1 Å². The molecule has 0 spiro atoms. The summed E-state index contributed by atoms with van der Waals surface area (Å²) in [5.41, 5.74) is 1.89. The number of carbonyl (C=O) groups excluding carboxylic acids is 2. The van der Waals surface area contributed by atoms with Crippen molar-refractivity contribution in [2.24, 2.45) is 0 Å². The van der Waals surface area contributed by atoms with Crippen LogP contribution in [0.2, 0.25) is 0 Å². The summed E-state index contributed by atoms with van der Waals surface area (Å²) < 4.78 is 40.0. The summed E-state index contributed by atoms with van der Waals surface area (Å²) in [5, 5.41) is 0. The lowest BCUT2D eigenvalue weighted by Crippen LogP contribution is -2.20. The molecule has 21 heavy (non-hydrogen) atoms. The molecule has 0 aliphatic carbocycles. The molecule has 0 radical (unpaired) electrons. The van der Waals surface area contributed by atoms with Gasteiger partial charge in [-0.1, -0.05) is 0 Å². The molecule has 114 valence electrons. The number of ether oxygens (including phenoxy) is 1. The molecule has 0 fully saturated rings. The third kappa shape index (κ3) is 3.81. The normalized spacial score (nSPS) is 14.5. The highest BCUT2D eigenvalue weighted by atomic mass is 19.4. The zero-order valence-electron chi connectivity index (χ0n) is 11.4. The minimum atomic E-state index is -4.39. The Hall–Kier alpha value is -1.89. The Balaban J connectivity index is 1.93. The van der Waals surface area contributed by atoms with Gasteiger partial charge in [-0.25, -0.2) is 0 Å². The van der Waals surface area contributed by atoms with Crippen LogP contribution >= 0.6 is 0 Å². The Morgan fingerprint density at radius 1 is 1.38 bits per heavy atom. The van der Waals surface area contributed by atoms with E-state index in [1.807, 2.05) is 0 Å². The standard InChI is InChI=1S/C14H14F3NO3/c1-18-11-3-2-9(6-10(11)7-13(18)20)12(19)4-5-21-8-14(15,16)17/h2-3,6H,4-5,7-8H2,1H3. The number of ketones is 1. The second kappa shape index (κ2) is 5.85. The van der Waals surface area contributed by atoms with E-state index in [0.717, 1.165) is 11.3 Å². The summed E-state index contributed by atoms with van der Waals surface area (Å²) in [5.74, 6) is -0.356. The lowest BCUT2D eigenvalue weighted by molar-refractivity contribution is -0.173. The van der Waals surface area contributed by atoms with Crippen molar-refractivity contribution in [3.8, 4) is 0 Å². The molecule has 1 heterocycles. The molecular formula is C14H14F3NO3. The van der Waals surface area contributed by atoms with E-state index in [2.05, 4.69) is 4.74 Å². The lowest BCUT2D eigenvalue weighted by atomic mass is 10.0. The Morgan fingerprint density at radius 3 is 2.76 bits per heavy atom. The molecule has 1 aliphatic heterocycles. The van der Waals surface area contributed by atoms with Gasteiger partial charge in [0.25, 0.3) is 0 Å². The number of Topliss-reactive ketones (excluding diaryl/α,β-unsaturated/α-hetero) is 1. The number of alkyl halides is 3. The van der Waals surface area contributed by atoms with Gasteiger partial charge < -0.3 is 9.64 Å². The Kier molecular flexibility index (Phi) is 4.32. The van der Waals surface area contributed by atoms with Crippen LogP contribution in [0.25, 0.3) is 0 Å². The van der Waals surface area contributed by atoms with Crippen molar-refractivity contribution in [1.82, 2.24) is 0 Å². The van der Waals surface area contributed by atoms with Gasteiger partial charge in [-0.15, -0.1) is 0 Å². The molecule has 7 heteroatoms. The van der Waals surface area contributed by atoms with Crippen LogP contribution in [0.1, 0.15) is 22.3 Å². The number of likely N-dealkylation sites (N-methyl/N-ethyl adjacent to an activating group) is 1. The zero-order valence-corrected chi connectivity index (χ0v) is 11.4. The van der Waals surface area contributed by atoms with Gasteiger partial charge in [0.15, 0.2) is 5.78 Å². The van der Waals surface area contributed by atoms with Crippen molar-refractivity contribution < 1.29 is 27.5 Å². The molecule has 0 aromatic heterocycles. The quantitative estimate of drug-likeness (QED) is 0.619. The van der Waals surface area contributed by atoms with E-state index in [1.54, 1.807) is 25.2 Å². The van der Waals surface area contributed by atoms with Gasteiger partial charge >= 0.3 is 6.18 Å². The number of nitrogens with zero attached hydrogens (tertiary/aromatic N) is 1. The molecule has 0 saturated heterocycles. The number of halogens is 3. The zero-order chi connectivity index (χ0) is 15.6. The van der Waals surface area contributed by atoms with Crippen LogP contribution in [0.4, 0.5) is 18.9 Å². The van der Waals surface area contributed by atoms with E-state index >= 15 is 0 Å². The van der Waals surface area contributed by atoms with Crippen LogP contribution in [-0.4, -0.2) is 38.1 Å². The summed E-state index contributed by atoms with van der Waals surface area (Å²) >= 11 is 0. The first-order valence-corrected chi connectivity index (χ1v) is 6.35. The van der Waals surface area contributed by atoms with E-state index in [0.29, 0.717) is 5.56 Å². The largest absolute Gasteiger partial charge is 0.411 e. The Morgan fingerprint density at radius 2 is 2.10 bits per heavy atom. The van der Waals surface area contributed by atoms with Crippen LogP contribution in [0, 0.1) is 0 Å². The molecular weight excluding hydrogens is 287 g/mol. The first-order valence-electron chi connectivity index (χ1n) is 6.35. The van der Waals surface area contributed by atoms with Crippen LogP contribution in [-0.2, 0) is 16.0 Å². The summed E-state index contributed by atoms with van der Waals surface area (Å²) in [6, 6.07) is 4.85. The number of anilines is 1. The van der Waals surface area contributed by atoms with E-state index < -0.39 is 12.8 Å². The Labute approximate surface area is 119 Å². The maximum Gasteiger partial charge on any atom is 0.411 e. The van der Waals surface area contributed by atoms with Crippen molar-refractivity contribution in [1.29, 1.82) is 0 Å². The van der Waals surface area contributed by atoms with Crippen molar-refractivity contribution in [2.45, 2.75) is 19.0 Å². The predicted molar refractivity (Wildman–Crippen MR) is 69.4 cm³/mol. The first kappa shape index (κ1) is 15.5. The number of amides is 1. The maximum atomic E-state index is 11.9. The second-order valence-electron chi connectivity index (χ2n) is 4.81. The number of carbonyl (C=O) groups is 2. The summed E-state index contributed by atoms with van der Waals surface area (Å²) in [4.78, 5) is 24.9. The van der Waals surface area contributed by atoms with E-state index in [9.17, 15) is 22.8 Å². The second-order valence-corrected chi connectivity index (χ2v) is 4.81. The monoisotopic (exact) mass is 301 g/mol. The molecule has 0 saturated carbocycles. The molecule has 1 amide bonds. The molecule has 1 aliphatic rings. The van der Waals surface area contributed by atoms with Gasteiger partial charge in [0, 0.05) is 24.7 Å². The molecule has 1 aromatic rings. The summed E-state index contributed by atoms with van der Waals surface area (Å²) in [6.07, 6.45) is -4.28. The highest BCUT2D eigenvalue weighted by Gasteiger charge is 2.27. The first-order chi connectivity index (χ1) is 9.78. The molecule has 2 rings (SSSR count). The van der Waals surface area contributed by atoms with Crippen LogP contribution in [0.5, 0.6) is 0 Å². The molecule has 0 atom stereocenters. The minimum absolute atomic E-state index is 0.0527. The number of rotatable bonds is 5. The number of hydrogen-bond donors (Lipinski definition) is 0. The maximum absolute atomic E-state index is 11.9. The fourth-order valence-electron chi connectivity index (χ4n) is 2.14. The van der Waals surface area contributed by atoms with E-state index in [1.165, 1.54) is 4.90 Å². The molecule has 0 unspecified atom stereocenters. The summed E-state index contributed by atoms with van der Waals surface area (Å²) in [6.45, 7) is -1.64. The highest BCUT2D eigenvalue weighted by Crippen LogP contribution is 2.28. The number of benzene rings is 1. The van der Waals surface area contributed by atoms with Gasteiger partial charge in [-0.3, -0.25) is 9.59 Å². The smallest absolute Gasteiger partial charge is 0.372 e. The van der Waals surface area contributed by atoms with Crippen molar-refractivity contribution in [2.75, 3.05) is 25.2 Å². The van der Waals surface area contributed by atoms with Crippen LogP contribution < -0.4 is 4.90 Å². The van der Waals surface area contributed by atoms with Crippen molar-refractivity contribution in [3.63, 3.8) is 0 Å². The fraction of sp³-hybridized carbons (Fsp3) is 0.429. The van der Waals surface area contributed by atoms with Gasteiger partial charge in [-0.05, 0) is 23.8 Å². The van der Waals surface area contributed by atoms with Crippen LogP contribution in [0.3, 0.4) is 0 Å². The van der Waals surface area contributed by atoms with Gasteiger partial charge in [0.1, 0.15) is 6.61 Å². The summed E-state index contributed by atoms with van der Waals surface area (Å²) in [7, 11) is 1.65. The van der Waals surface area contributed by atoms with Gasteiger partial charge in [-0.2, -0.15) is 13.2 Å². The number of hydrogen-bond acceptors (Lipinski definition) is 3. The van der Waals surface area contributed by atoms with Crippen molar-refractivity contribution in [3.05, 3.63) is 29.3 Å². The lowest BCUT2D eigenvalue weighted by Gasteiger charge is -2.10. The molecule has 0 N–H and O–H groups in total. The van der Waals surface area contributed by atoms with E-state index in [4.69, 9.17) is 0 Å².